The first-order chi connectivity index (χ1) is 11.6. The summed E-state index contributed by atoms with van der Waals surface area (Å²) in [4.78, 5) is 27.5. The molecule has 2 aliphatic carbocycles. The number of fused-ring (bicyclic) bond motifs is 1. The molecule has 0 unspecified atom stereocenters. The van der Waals surface area contributed by atoms with E-state index in [0.29, 0.717) is 18.9 Å². The number of amides is 2. The van der Waals surface area contributed by atoms with Gasteiger partial charge in [-0.3, -0.25) is 14.5 Å². The third-order valence-corrected chi connectivity index (χ3v) is 6.15. The number of piperidine rings is 1. The number of imide groups is 1. The van der Waals surface area contributed by atoms with Gasteiger partial charge in [0.15, 0.2) is 0 Å². The standard InChI is InChI=1S/C20H25NO3/c1-24-16-6-4-5-15(11-16)20-10-3-2-7-17(20)19(23)21(18(22)12-20)13-14-8-9-14/h4-6,11,14,17H,2-3,7-10,12-13H2,1H3/t17-,20-/m1/s1. The second kappa shape index (κ2) is 5.91. The highest BCUT2D eigenvalue weighted by molar-refractivity contribution is 6.01. The molecule has 24 heavy (non-hydrogen) atoms. The highest BCUT2D eigenvalue weighted by Crippen LogP contribution is 2.50. The number of ether oxygens (including phenoxy) is 1. The summed E-state index contributed by atoms with van der Waals surface area (Å²) >= 11 is 0. The van der Waals surface area contributed by atoms with Crippen molar-refractivity contribution in [2.75, 3.05) is 13.7 Å². The van der Waals surface area contributed by atoms with Crippen molar-refractivity contribution in [3.8, 4) is 5.75 Å². The summed E-state index contributed by atoms with van der Waals surface area (Å²) in [5, 5.41) is 0. The van der Waals surface area contributed by atoms with Crippen molar-refractivity contribution in [2.45, 2.75) is 50.4 Å². The van der Waals surface area contributed by atoms with Crippen molar-refractivity contribution in [1.82, 2.24) is 4.90 Å². The van der Waals surface area contributed by atoms with Crippen LogP contribution >= 0.6 is 0 Å². The third-order valence-electron chi connectivity index (χ3n) is 6.15. The molecule has 0 N–H and O–H groups in total. The molecule has 4 rings (SSSR count). The molecule has 1 aliphatic heterocycles. The highest BCUT2D eigenvalue weighted by Gasteiger charge is 2.53. The number of carbonyl (C=O) groups is 2. The Labute approximate surface area is 143 Å². The number of hydrogen-bond acceptors (Lipinski definition) is 3. The van der Waals surface area contributed by atoms with Gasteiger partial charge in [0, 0.05) is 24.3 Å². The zero-order valence-corrected chi connectivity index (χ0v) is 14.3. The molecule has 4 heteroatoms. The van der Waals surface area contributed by atoms with E-state index in [4.69, 9.17) is 4.74 Å². The molecule has 1 aromatic rings. The number of likely N-dealkylation sites (tertiary alicyclic amines) is 1. The Morgan fingerprint density at radius 2 is 2.04 bits per heavy atom. The Balaban J connectivity index is 1.71. The summed E-state index contributed by atoms with van der Waals surface area (Å²) < 4.78 is 5.38. The van der Waals surface area contributed by atoms with Gasteiger partial charge in [0.25, 0.3) is 0 Å². The first-order valence-corrected chi connectivity index (χ1v) is 9.13. The topological polar surface area (TPSA) is 46.6 Å². The molecule has 3 fully saturated rings. The number of benzene rings is 1. The Morgan fingerprint density at radius 3 is 2.79 bits per heavy atom. The van der Waals surface area contributed by atoms with Gasteiger partial charge in [-0.2, -0.15) is 0 Å². The average Bonchev–Trinajstić information content (AvgIpc) is 3.43. The third kappa shape index (κ3) is 2.52. The maximum atomic E-state index is 13.1. The summed E-state index contributed by atoms with van der Waals surface area (Å²) in [5.41, 5.74) is 0.764. The first-order valence-electron chi connectivity index (χ1n) is 9.13. The molecule has 128 valence electrons. The van der Waals surface area contributed by atoms with Crippen molar-refractivity contribution in [3.63, 3.8) is 0 Å². The lowest BCUT2D eigenvalue weighted by Crippen LogP contribution is -2.57. The molecule has 0 radical (unpaired) electrons. The number of nitrogens with zero attached hydrogens (tertiary/aromatic N) is 1. The van der Waals surface area contributed by atoms with E-state index in [2.05, 4.69) is 6.07 Å². The molecular formula is C20H25NO3. The fraction of sp³-hybridized carbons (Fsp3) is 0.600. The average molecular weight is 327 g/mol. The quantitative estimate of drug-likeness (QED) is 0.797. The monoisotopic (exact) mass is 327 g/mol. The van der Waals surface area contributed by atoms with Gasteiger partial charge in [0.05, 0.1) is 7.11 Å². The normalized spacial score (nSPS) is 30.2. The fourth-order valence-corrected chi connectivity index (χ4v) is 4.62. The van der Waals surface area contributed by atoms with Gasteiger partial charge >= 0.3 is 0 Å². The van der Waals surface area contributed by atoms with E-state index in [1.54, 1.807) is 12.0 Å². The predicted octanol–water partition coefficient (Wildman–Crippen LogP) is 3.29. The molecule has 1 aromatic carbocycles. The molecule has 4 nitrogen and oxygen atoms in total. The fourth-order valence-electron chi connectivity index (χ4n) is 4.62. The van der Waals surface area contributed by atoms with E-state index >= 15 is 0 Å². The Hall–Kier alpha value is -1.84. The van der Waals surface area contributed by atoms with E-state index in [0.717, 1.165) is 49.8 Å². The van der Waals surface area contributed by atoms with E-state index in [-0.39, 0.29) is 23.1 Å². The highest BCUT2D eigenvalue weighted by atomic mass is 16.5. The van der Waals surface area contributed by atoms with Gasteiger partial charge in [0.2, 0.25) is 11.8 Å². The minimum absolute atomic E-state index is 0.0212. The lowest BCUT2D eigenvalue weighted by atomic mass is 9.58. The zero-order valence-electron chi connectivity index (χ0n) is 14.3. The minimum Gasteiger partial charge on any atom is -0.497 e. The van der Waals surface area contributed by atoms with Crippen LogP contribution in [0.4, 0.5) is 0 Å². The molecule has 2 saturated carbocycles. The molecule has 0 aromatic heterocycles. The van der Waals surface area contributed by atoms with Gasteiger partial charge in [-0.05, 0) is 49.3 Å². The van der Waals surface area contributed by atoms with Crippen LogP contribution in [0.5, 0.6) is 5.75 Å². The predicted molar refractivity (Wildman–Crippen MR) is 90.7 cm³/mol. The van der Waals surface area contributed by atoms with Gasteiger partial charge in [-0.25, -0.2) is 0 Å². The number of rotatable bonds is 4. The van der Waals surface area contributed by atoms with Crippen LogP contribution in [0.1, 0.15) is 50.5 Å². The molecule has 1 heterocycles. The second-order valence-corrected chi connectivity index (χ2v) is 7.65. The summed E-state index contributed by atoms with van der Waals surface area (Å²) in [6.07, 6.45) is 6.74. The van der Waals surface area contributed by atoms with Crippen LogP contribution in [0, 0.1) is 11.8 Å². The Kier molecular flexibility index (Phi) is 3.86. The van der Waals surface area contributed by atoms with Crippen LogP contribution in [-0.4, -0.2) is 30.4 Å². The van der Waals surface area contributed by atoms with Crippen molar-refractivity contribution in [3.05, 3.63) is 29.8 Å². The van der Waals surface area contributed by atoms with Gasteiger partial charge in [-0.15, -0.1) is 0 Å². The summed E-state index contributed by atoms with van der Waals surface area (Å²) in [6.45, 7) is 0.641. The summed E-state index contributed by atoms with van der Waals surface area (Å²) in [7, 11) is 1.66. The molecule has 0 spiro atoms. The van der Waals surface area contributed by atoms with Crippen LogP contribution in [-0.2, 0) is 15.0 Å². The van der Waals surface area contributed by atoms with Crippen LogP contribution in [0.25, 0.3) is 0 Å². The van der Waals surface area contributed by atoms with E-state index < -0.39 is 0 Å². The molecular weight excluding hydrogens is 302 g/mol. The minimum atomic E-state index is -0.332. The zero-order chi connectivity index (χ0) is 16.7. The molecule has 1 saturated heterocycles. The van der Waals surface area contributed by atoms with E-state index in [9.17, 15) is 9.59 Å². The number of methoxy groups -OCH3 is 1. The van der Waals surface area contributed by atoms with E-state index in [1.165, 1.54) is 0 Å². The molecule has 3 aliphatic rings. The van der Waals surface area contributed by atoms with Crippen LogP contribution in [0.3, 0.4) is 0 Å². The molecule has 2 amide bonds. The van der Waals surface area contributed by atoms with Crippen LogP contribution < -0.4 is 4.74 Å². The lowest BCUT2D eigenvalue weighted by Gasteiger charge is -2.49. The van der Waals surface area contributed by atoms with Crippen LogP contribution in [0.15, 0.2) is 24.3 Å². The lowest BCUT2D eigenvalue weighted by molar-refractivity contribution is -0.158. The summed E-state index contributed by atoms with van der Waals surface area (Å²) in [6, 6.07) is 7.98. The van der Waals surface area contributed by atoms with Gasteiger partial charge in [0.1, 0.15) is 5.75 Å². The first kappa shape index (κ1) is 15.7. The Bertz CT molecular complexity index is 667. The smallest absolute Gasteiger partial charge is 0.233 e. The maximum absolute atomic E-state index is 13.1. The molecule has 2 atom stereocenters. The van der Waals surface area contributed by atoms with Crippen molar-refractivity contribution < 1.29 is 14.3 Å². The second-order valence-electron chi connectivity index (χ2n) is 7.65. The number of hydrogen-bond donors (Lipinski definition) is 0. The van der Waals surface area contributed by atoms with Crippen molar-refractivity contribution in [2.24, 2.45) is 11.8 Å². The van der Waals surface area contributed by atoms with E-state index in [1.807, 2.05) is 18.2 Å². The number of carbonyl (C=O) groups excluding carboxylic acids is 2. The largest absolute Gasteiger partial charge is 0.497 e. The Morgan fingerprint density at radius 1 is 1.21 bits per heavy atom. The molecule has 0 bridgehead atoms. The maximum Gasteiger partial charge on any atom is 0.233 e. The van der Waals surface area contributed by atoms with Crippen LogP contribution in [0.2, 0.25) is 0 Å². The van der Waals surface area contributed by atoms with Gasteiger partial charge in [-0.1, -0.05) is 25.0 Å². The van der Waals surface area contributed by atoms with Crippen molar-refractivity contribution in [1.29, 1.82) is 0 Å². The van der Waals surface area contributed by atoms with Gasteiger partial charge < -0.3 is 4.74 Å². The summed E-state index contributed by atoms with van der Waals surface area (Å²) in [5.74, 6) is 1.38. The SMILES string of the molecule is COc1cccc([C@]23CCCC[C@@H]2C(=O)N(CC2CC2)C(=O)C3)c1. The van der Waals surface area contributed by atoms with Crippen molar-refractivity contribution >= 4 is 11.8 Å².